The molecule has 1 unspecified atom stereocenters. The topological polar surface area (TPSA) is 41.1 Å². The van der Waals surface area contributed by atoms with E-state index in [2.05, 4.69) is 17.6 Å². The number of nitrogens with one attached hydrogen (secondary N) is 2. The summed E-state index contributed by atoms with van der Waals surface area (Å²) >= 11 is 5.94. The maximum absolute atomic E-state index is 12.1. The molecule has 4 heteroatoms. The third kappa shape index (κ3) is 2.79. The van der Waals surface area contributed by atoms with Crippen LogP contribution in [0.25, 0.3) is 0 Å². The van der Waals surface area contributed by atoms with Gasteiger partial charge in [0.15, 0.2) is 0 Å². The van der Waals surface area contributed by atoms with E-state index in [1.807, 2.05) is 13.0 Å². The Labute approximate surface area is 107 Å². The van der Waals surface area contributed by atoms with Gasteiger partial charge >= 0.3 is 0 Å². The zero-order chi connectivity index (χ0) is 12.5. The molecule has 0 saturated carbocycles. The average molecular weight is 253 g/mol. The molecular weight excluding hydrogens is 236 g/mol. The summed E-state index contributed by atoms with van der Waals surface area (Å²) in [7, 11) is 0. The fourth-order valence-corrected chi connectivity index (χ4v) is 2.17. The highest BCUT2D eigenvalue weighted by Gasteiger charge is 2.30. The number of amides is 1. The van der Waals surface area contributed by atoms with Crippen molar-refractivity contribution in [1.82, 2.24) is 10.6 Å². The van der Waals surface area contributed by atoms with E-state index < -0.39 is 0 Å². The summed E-state index contributed by atoms with van der Waals surface area (Å²) in [6.07, 6.45) is 0.964. The van der Waals surface area contributed by atoms with Gasteiger partial charge in [-0.15, -0.1) is 0 Å². The van der Waals surface area contributed by atoms with Gasteiger partial charge in [-0.1, -0.05) is 11.6 Å². The average Bonchev–Trinajstić information content (AvgIpc) is 2.69. The minimum atomic E-state index is -0.134. The van der Waals surface area contributed by atoms with Crippen molar-refractivity contribution >= 4 is 17.5 Å². The highest BCUT2D eigenvalue weighted by atomic mass is 35.5. The molecule has 1 saturated heterocycles. The summed E-state index contributed by atoms with van der Waals surface area (Å²) < 4.78 is 0. The zero-order valence-corrected chi connectivity index (χ0v) is 10.9. The smallest absolute Gasteiger partial charge is 0.251 e. The number of hydrogen-bond acceptors (Lipinski definition) is 2. The molecule has 1 atom stereocenters. The highest BCUT2D eigenvalue weighted by molar-refractivity contribution is 6.31. The molecule has 2 rings (SSSR count). The minimum absolute atomic E-state index is 0.0315. The van der Waals surface area contributed by atoms with E-state index in [4.69, 9.17) is 11.6 Å². The van der Waals surface area contributed by atoms with Crippen LogP contribution in [0.2, 0.25) is 5.02 Å². The first kappa shape index (κ1) is 12.4. The van der Waals surface area contributed by atoms with Gasteiger partial charge in [0.2, 0.25) is 0 Å². The first-order valence-electron chi connectivity index (χ1n) is 5.80. The summed E-state index contributed by atoms with van der Waals surface area (Å²) in [5.74, 6) is -0.0315. The number of hydrogen-bond donors (Lipinski definition) is 2. The lowest BCUT2D eigenvalue weighted by atomic mass is 10.0. The summed E-state index contributed by atoms with van der Waals surface area (Å²) in [6, 6.07) is 5.35. The molecule has 0 radical (unpaired) electrons. The van der Waals surface area contributed by atoms with Crippen LogP contribution in [-0.4, -0.2) is 24.5 Å². The molecule has 0 bridgehead atoms. The summed E-state index contributed by atoms with van der Waals surface area (Å²) in [5, 5.41) is 7.02. The summed E-state index contributed by atoms with van der Waals surface area (Å²) in [4.78, 5) is 12.1. The van der Waals surface area contributed by atoms with Crippen LogP contribution in [0.15, 0.2) is 18.2 Å². The van der Waals surface area contributed by atoms with Gasteiger partial charge in [0.1, 0.15) is 0 Å². The Balaban J connectivity index is 2.11. The molecule has 1 heterocycles. The maximum atomic E-state index is 12.1. The molecule has 1 fully saturated rings. The Kier molecular flexibility index (Phi) is 3.40. The van der Waals surface area contributed by atoms with Crippen molar-refractivity contribution in [3.63, 3.8) is 0 Å². The van der Waals surface area contributed by atoms with Crippen molar-refractivity contribution < 1.29 is 4.79 Å². The van der Waals surface area contributed by atoms with Crippen LogP contribution in [0.4, 0.5) is 0 Å². The Bertz CT molecular complexity index is 439. The van der Waals surface area contributed by atoms with Gasteiger partial charge in [0, 0.05) is 17.1 Å². The molecule has 0 aliphatic carbocycles. The zero-order valence-electron chi connectivity index (χ0n) is 10.1. The third-order valence-electron chi connectivity index (χ3n) is 3.20. The predicted octanol–water partition coefficient (Wildman–Crippen LogP) is 2.13. The minimum Gasteiger partial charge on any atom is -0.346 e. The number of carbonyl (C=O) groups excluding carboxylic acids is 1. The predicted molar refractivity (Wildman–Crippen MR) is 69.5 cm³/mol. The van der Waals surface area contributed by atoms with Crippen molar-refractivity contribution in [3.05, 3.63) is 34.3 Å². The molecule has 2 N–H and O–H groups in total. The van der Waals surface area contributed by atoms with Crippen LogP contribution in [0.3, 0.4) is 0 Å². The largest absolute Gasteiger partial charge is 0.346 e. The third-order valence-corrected chi connectivity index (χ3v) is 3.63. The van der Waals surface area contributed by atoms with E-state index in [1.54, 1.807) is 12.1 Å². The molecular formula is C13H17ClN2O. The molecule has 1 aliphatic rings. The van der Waals surface area contributed by atoms with E-state index in [0.29, 0.717) is 10.6 Å². The second-order valence-corrected chi connectivity index (χ2v) is 5.31. The van der Waals surface area contributed by atoms with Gasteiger partial charge in [-0.05, 0) is 50.6 Å². The van der Waals surface area contributed by atoms with Crippen molar-refractivity contribution in [2.24, 2.45) is 0 Å². The first-order chi connectivity index (χ1) is 8.00. The SMILES string of the molecule is Cc1cc(C(=O)NC2(C)CCNC2)ccc1Cl. The van der Waals surface area contributed by atoms with Gasteiger partial charge < -0.3 is 10.6 Å². The van der Waals surface area contributed by atoms with Gasteiger partial charge in [0.05, 0.1) is 5.54 Å². The Morgan fingerprint density at radius 2 is 2.29 bits per heavy atom. The molecule has 1 aliphatic heterocycles. The summed E-state index contributed by atoms with van der Waals surface area (Å²) in [6.45, 7) is 5.74. The lowest BCUT2D eigenvalue weighted by Gasteiger charge is -2.24. The molecule has 1 aromatic carbocycles. The summed E-state index contributed by atoms with van der Waals surface area (Å²) in [5.41, 5.74) is 1.46. The van der Waals surface area contributed by atoms with E-state index in [-0.39, 0.29) is 11.4 Å². The number of benzene rings is 1. The molecule has 3 nitrogen and oxygen atoms in total. The van der Waals surface area contributed by atoms with E-state index in [9.17, 15) is 4.79 Å². The van der Waals surface area contributed by atoms with Crippen LogP contribution >= 0.6 is 11.6 Å². The van der Waals surface area contributed by atoms with E-state index in [1.165, 1.54) is 0 Å². The molecule has 0 spiro atoms. The monoisotopic (exact) mass is 252 g/mol. The quantitative estimate of drug-likeness (QED) is 0.847. The van der Waals surface area contributed by atoms with Crippen LogP contribution in [0, 0.1) is 6.92 Å². The highest BCUT2D eigenvalue weighted by Crippen LogP contribution is 2.18. The number of halogens is 1. The van der Waals surface area contributed by atoms with Crippen LogP contribution < -0.4 is 10.6 Å². The molecule has 17 heavy (non-hydrogen) atoms. The van der Waals surface area contributed by atoms with Crippen LogP contribution in [0.5, 0.6) is 0 Å². The van der Waals surface area contributed by atoms with Gasteiger partial charge in [-0.3, -0.25) is 4.79 Å². The standard InChI is InChI=1S/C13H17ClN2O/c1-9-7-10(3-4-11(9)14)12(17)16-13(2)5-6-15-8-13/h3-4,7,15H,5-6,8H2,1-2H3,(H,16,17). The van der Waals surface area contributed by atoms with Gasteiger partial charge in [-0.25, -0.2) is 0 Å². The Hall–Kier alpha value is -1.06. The van der Waals surface area contributed by atoms with Crippen molar-refractivity contribution in [2.45, 2.75) is 25.8 Å². The van der Waals surface area contributed by atoms with E-state index in [0.717, 1.165) is 25.1 Å². The lowest BCUT2D eigenvalue weighted by Crippen LogP contribution is -2.47. The van der Waals surface area contributed by atoms with Crippen LogP contribution in [0.1, 0.15) is 29.3 Å². The normalized spacial score (nSPS) is 23.7. The van der Waals surface area contributed by atoms with Crippen molar-refractivity contribution in [1.29, 1.82) is 0 Å². The Morgan fingerprint density at radius 1 is 1.53 bits per heavy atom. The molecule has 1 aromatic rings. The van der Waals surface area contributed by atoms with Gasteiger partial charge in [-0.2, -0.15) is 0 Å². The second kappa shape index (κ2) is 4.67. The first-order valence-corrected chi connectivity index (χ1v) is 6.17. The molecule has 1 amide bonds. The fraction of sp³-hybridized carbons (Fsp3) is 0.462. The van der Waals surface area contributed by atoms with Crippen molar-refractivity contribution in [2.75, 3.05) is 13.1 Å². The molecule has 92 valence electrons. The Morgan fingerprint density at radius 3 is 2.88 bits per heavy atom. The van der Waals surface area contributed by atoms with Gasteiger partial charge in [0.25, 0.3) is 5.91 Å². The van der Waals surface area contributed by atoms with Crippen LogP contribution in [-0.2, 0) is 0 Å². The fourth-order valence-electron chi connectivity index (χ4n) is 2.06. The lowest BCUT2D eigenvalue weighted by molar-refractivity contribution is 0.0913. The van der Waals surface area contributed by atoms with Crippen molar-refractivity contribution in [3.8, 4) is 0 Å². The van der Waals surface area contributed by atoms with E-state index >= 15 is 0 Å². The number of aryl methyl sites for hydroxylation is 1. The maximum Gasteiger partial charge on any atom is 0.251 e. The molecule has 0 aromatic heterocycles. The number of carbonyl (C=O) groups is 1. The number of rotatable bonds is 2. The second-order valence-electron chi connectivity index (χ2n) is 4.91.